The van der Waals surface area contributed by atoms with Crippen LogP contribution in [0.4, 0.5) is 0 Å². The molecule has 0 aromatic heterocycles. The second-order valence-corrected chi connectivity index (χ2v) is 6.45. The molecule has 0 unspecified atom stereocenters. The van der Waals surface area contributed by atoms with Gasteiger partial charge in [-0.1, -0.05) is 0 Å². The van der Waals surface area contributed by atoms with Crippen LogP contribution in [0.5, 0.6) is 0 Å². The fourth-order valence-electron chi connectivity index (χ4n) is 2.70. The van der Waals surface area contributed by atoms with Crippen LogP contribution in [0.2, 0.25) is 0 Å². The average molecular weight is 398 g/mol. The first-order chi connectivity index (χ1) is 13.5. The first-order valence-electron chi connectivity index (χ1n) is 9.50. The number of carboxylic acids is 2. The minimum Gasteiger partial charge on any atom is -0.478 e. The Kier molecular flexibility index (Phi) is 12.1. The van der Waals surface area contributed by atoms with Crippen molar-refractivity contribution in [2.75, 3.05) is 26.4 Å². The van der Waals surface area contributed by atoms with E-state index in [-0.39, 0.29) is 43.1 Å². The van der Waals surface area contributed by atoms with Gasteiger partial charge in [0.1, 0.15) is 0 Å². The third-order valence-electron chi connectivity index (χ3n) is 4.18. The molecule has 1 aromatic carbocycles. The zero-order chi connectivity index (χ0) is 20.8. The highest BCUT2D eigenvalue weighted by Crippen LogP contribution is 2.21. The van der Waals surface area contributed by atoms with Crippen LogP contribution < -0.4 is 0 Å². The lowest BCUT2D eigenvalue weighted by molar-refractivity contribution is 0.0675. The molecule has 0 aliphatic rings. The van der Waals surface area contributed by atoms with Crippen molar-refractivity contribution in [2.45, 2.75) is 51.7 Å². The molecule has 0 spiro atoms. The second-order valence-electron chi connectivity index (χ2n) is 6.45. The summed E-state index contributed by atoms with van der Waals surface area (Å²) in [5.41, 5.74) is 0.404. The Morgan fingerprint density at radius 2 is 1.18 bits per heavy atom. The first kappa shape index (κ1) is 24.0. The minimum absolute atomic E-state index is 0.103. The van der Waals surface area contributed by atoms with Crippen LogP contribution in [-0.4, -0.2) is 58.8 Å². The van der Waals surface area contributed by atoms with Crippen LogP contribution in [0.25, 0.3) is 0 Å². The number of aliphatic hydroxyl groups is 2. The van der Waals surface area contributed by atoms with Gasteiger partial charge in [-0.15, -0.1) is 0 Å². The summed E-state index contributed by atoms with van der Waals surface area (Å²) >= 11 is 0. The van der Waals surface area contributed by atoms with Gasteiger partial charge >= 0.3 is 11.9 Å². The van der Waals surface area contributed by atoms with Crippen LogP contribution in [0.1, 0.15) is 70.4 Å². The number of hydrogen-bond donors (Lipinski definition) is 4. The van der Waals surface area contributed by atoms with Gasteiger partial charge in [-0.25, -0.2) is 9.59 Å². The monoisotopic (exact) mass is 398 g/mol. The lowest BCUT2D eigenvalue weighted by Crippen LogP contribution is -2.13. The zero-order valence-corrected chi connectivity index (χ0v) is 16.1. The predicted octanol–water partition coefficient (Wildman–Crippen LogP) is 2.44. The lowest BCUT2D eigenvalue weighted by Gasteiger charge is -2.14. The standard InChI is InChI=1S/C20H30O8/c21-7-3-1-5-9-27-13-15-11-16(19(23)24)18(17(12-15)20(25)26)14-28-10-6-2-4-8-22/h11-12,21-22H,1-10,13-14H2,(H,23,24)(H,25,26). The predicted molar refractivity (Wildman–Crippen MR) is 102 cm³/mol. The number of aliphatic hydroxyl groups excluding tert-OH is 2. The number of rotatable bonds is 16. The number of carbonyl (C=O) groups is 2. The van der Waals surface area contributed by atoms with E-state index >= 15 is 0 Å². The Balaban J connectivity index is 2.78. The van der Waals surface area contributed by atoms with Crippen molar-refractivity contribution in [3.63, 3.8) is 0 Å². The van der Waals surface area contributed by atoms with Gasteiger partial charge in [-0.2, -0.15) is 0 Å². The maximum absolute atomic E-state index is 11.6. The molecule has 0 atom stereocenters. The molecule has 0 heterocycles. The molecule has 1 rings (SSSR count). The number of ether oxygens (including phenoxy) is 2. The van der Waals surface area contributed by atoms with Gasteiger partial charge < -0.3 is 29.9 Å². The highest BCUT2D eigenvalue weighted by Gasteiger charge is 2.20. The van der Waals surface area contributed by atoms with Crippen LogP contribution >= 0.6 is 0 Å². The molecule has 1 aromatic rings. The molecular formula is C20H30O8. The normalized spacial score (nSPS) is 10.9. The van der Waals surface area contributed by atoms with Crippen molar-refractivity contribution < 1.29 is 39.5 Å². The van der Waals surface area contributed by atoms with Gasteiger partial charge in [0.15, 0.2) is 0 Å². The van der Waals surface area contributed by atoms with E-state index in [0.717, 1.165) is 19.3 Å². The van der Waals surface area contributed by atoms with E-state index in [1.807, 2.05) is 0 Å². The Morgan fingerprint density at radius 1 is 0.714 bits per heavy atom. The fraction of sp³-hybridized carbons (Fsp3) is 0.600. The van der Waals surface area contributed by atoms with Crippen LogP contribution in [0, 0.1) is 0 Å². The van der Waals surface area contributed by atoms with Crippen LogP contribution in [0.15, 0.2) is 12.1 Å². The molecule has 0 fully saturated rings. The Hall–Kier alpha value is -2.00. The highest BCUT2D eigenvalue weighted by molar-refractivity contribution is 5.97. The van der Waals surface area contributed by atoms with Crippen molar-refractivity contribution in [3.8, 4) is 0 Å². The minimum atomic E-state index is -1.22. The van der Waals surface area contributed by atoms with E-state index < -0.39 is 11.9 Å². The van der Waals surface area contributed by atoms with E-state index in [1.54, 1.807) is 0 Å². The van der Waals surface area contributed by atoms with E-state index in [9.17, 15) is 19.8 Å². The Morgan fingerprint density at radius 3 is 1.61 bits per heavy atom. The summed E-state index contributed by atoms with van der Waals surface area (Å²) in [6.45, 7) is 1.05. The van der Waals surface area contributed by atoms with Crippen molar-refractivity contribution in [2.24, 2.45) is 0 Å². The van der Waals surface area contributed by atoms with Gasteiger partial charge in [0.05, 0.1) is 24.3 Å². The number of aromatic carboxylic acids is 2. The molecule has 0 aliphatic heterocycles. The summed E-state index contributed by atoms with van der Waals surface area (Å²) in [7, 11) is 0. The summed E-state index contributed by atoms with van der Waals surface area (Å²) in [6.07, 6.45) is 4.44. The van der Waals surface area contributed by atoms with Gasteiger partial charge in [-0.05, 0) is 56.2 Å². The third kappa shape index (κ3) is 8.79. The zero-order valence-electron chi connectivity index (χ0n) is 16.1. The maximum Gasteiger partial charge on any atom is 0.336 e. The van der Waals surface area contributed by atoms with Gasteiger partial charge in [0.25, 0.3) is 0 Å². The molecule has 4 N–H and O–H groups in total. The van der Waals surface area contributed by atoms with E-state index in [1.165, 1.54) is 12.1 Å². The average Bonchev–Trinajstić information content (AvgIpc) is 2.67. The summed E-state index contributed by atoms with van der Waals surface area (Å²) in [5, 5.41) is 36.5. The number of hydrogen-bond acceptors (Lipinski definition) is 6. The van der Waals surface area contributed by atoms with Crippen molar-refractivity contribution in [3.05, 3.63) is 34.4 Å². The maximum atomic E-state index is 11.6. The second kappa shape index (κ2) is 14.1. The number of benzene rings is 1. The quantitative estimate of drug-likeness (QED) is 0.312. The Labute approximate surface area is 164 Å². The van der Waals surface area contributed by atoms with Crippen molar-refractivity contribution >= 4 is 11.9 Å². The summed E-state index contributed by atoms with van der Waals surface area (Å²) in [5.74, 6) is -2.43. The molecular weight excluding hydrogens is 368 g/mol. The van der Waals surface area contributed by atoms with Crippen molar-refractivity contribution in [1.82, 2.24) is 0 Å². The fourth-order valence-corrected chi connectivity index (χ4v) is 2.70. The molecule has 0 saturated carbocycles. The van der Waals surface area contributed by atoms with Gasteiger partial charge in [0, 0.05) is 32.0 Å². The molecule has 0 radical (unpaired) electrons. The molecule has 0 amide bonds. The smallest absolute Gasteiger partial charge is 0.336 e. The summed E-state index contributed by atoms with van der Waals surface area (Å²) in [6, 6.07) is 2.85. The summed E-state index contributed by atoms with van der Waals surface area (Å²) < 4.78 is 11.0. The number of unbranched alkanes of at least 4 members (excludes halogenated alkanes) is 4. The molecule has 28 heavy (non-hydrogen) atoms. The van der Waals surface area contributed by atoms with Gasteiger partial charge in [-0.3, -0.25) is 0 Å². The van der Waals surface area contributed by atoms with E-state index in [2.05, 4.69) is 0 Å². The molecule has 0 saturated heterocycles. The Bertz CT molecular complexity index is 579. The lowest BCUT2D eigenvalue weighted by atomic mass is 9.98. The highest BCUT2D eigenvalue weighted by atomic mass is 16.5. The van der Waals surface area contributed by atoms with Crippen LogP contribution in [0.3, 0.4) is 0 Å². The topological polar surface area (TPSA) is 134 Å². The largest absolute Gasteiger partial charge is 0.478 e. The molecule has 8 heteroatoms. The van der Waals surface area contributed by atoms with E-state index in [4.69, 9.17) is 19.7 Å². The summed E-state index contributed by atoms with van der Waals surface area (Å²) in [4.78, 5) is 23.3. The van der Waals surface area contributed by atoms with E-state index in [0.29, 0.717) is 38.0 Å². The molecule has 0 aliphatic carbocycles. The molecule has 8 nitrogen and oxygen atoms in total. The third-order valence-corrected chi connectivity index (χ3v) is 4.18. The first-order valence-corrected chi connectivity index (χ1v) is 9.50. The molecule has 0 bridgehead atoms. The van der Waals surface area contributed by atoms with Crippen LogP contribution in [-0.2, 0) is 22.7 Å². The SMILES string of the molecule is O=C(O)c1cc(COCCCCCO)cc(C(=O)O)c1COCCCCCO. The van der Waals surface area contributed by atoms with Crippen molar-refractivity contribution in [1.29, 1.82) is 0 Å². The molecule has 158 valence electrons. The number of carboxylic acid groups (broad SMARTS) is 2. The van der Waals surface area contributed by atoms with Gasteiger partial charge in [0.2, 0.25) is 0 Å².